The van der Waals surface area contributed by atoms with E-state index in [1.54, 1.807) is 6.07 Å². The summed E-state index contributed by atoms with van der Waals surface area (Å²) in [5.41, 5.74) is 3.71. The maximum atomic E-state index is 11.1. The second-order valence-corrected chi connectivity index (χ2v) is 8.31. The molecule has 182 valence electrons. The number of nitrogens with one attached hydrogen (secondary N) is 2. The summed E-state index contributed by atoms with van der Waals surface area (Å²) < 4.78 is 11.2. The molecule has 34 heavy (non-hydrogen) atoms. The Morgan fingerprint density at radius 2 is 1.82 bits per heavy atom. The van der Waals surface area contributed by atoms with Gasteiger partial charge in [-0.25, -0.2) is 9.97 Å². The van der Waals surface area contributed by atoms with E-state index < -0.39 is 18.6 Å². The van der Waals surface area contributed by atoms with Crippen LogP contribution in [0.3, 0.4) is 0 Å². The monoisotopic (exact) mass is 470 g/mol. The first-order chi connectivity index (χ1) is 16.2. The van der Waals surface area contributed by atoms with Crippen molar-refractivity contribution in [1.29, 1.82) is 0 Å². The van der Waals surface area contributed by atoms with Gasteiger partial charge in [-0.3, -0.25) is 4.79 Å². The van der Waals surface area contributed by atoms with Gasteiger partial charge in [0.25, 0.3) is 5.89 Å². The molecule has 0 aliphatic heterocycles. The van der Waals surface area contributed by atoms with E-state index in [0.29, 0.717) is 23.2 Å². The van der Waals surface area contributed by atoms with Gasteiger partial charge >= 0.3 is 0 Å². The third-order valence-corrected chi connectivity index (χ3v) is 4.73. The number of carbonyl (C=O) groups is 1. The summed E-state index contributed by atoms with van der Waals surface area (Å²) in [5, 5.41) is 28.4. The number of aliphatic hydroxyl groups excluding tert-OH is 2. The van der Waals surface area contributed by atoms with Gasteiger partial charge in [-0.1, -0.05) is 5.16 Å². The number of hydrogen-bond donors (Lipinski definition) is 4. The van der Waals surface area contributed by atoms with Crippen LogP contribution in [-0.2, 0) is 4.79 Å². The third kappa shape index (κ3) is 6.49. The van der Waals surface area contributed by atoms with E-state index in [4.69, 9.17) is 14.4 Å². The topological polar surface area (TPSA) is 156 Å². The highest BCUT2D eigenvalue weighted by atomic mass is 16.5. The van der Waals surface area contributed by atoms with Crippen molar-refractivity contribution >= 4 is 11.9 Å². The van der Waals surface area contributed by atoms with Gasteiger partial charge < -0.3 is 30.1 Å². The number of aromatic nitrogens is 4. The lowest BCUT2D eigenvalue weighted by atomic mass is 10.1. The molecule has 0 aliphatic rings. The maximum absolute atomic E-state index is 11.1. The average Bonchev–Trinajstić information content (AvgIpc) is 3.26. The van der Waals surface area contributed by atoms with E-state index in [1.807, 2.05) is 46.8 Å². The molecular weight excluding hydrogens is 440 g/mol. The summed E-state index contributed by atoms with van der Waals surface area (Å²) in [7, 11) is 0. The Kier molecular flexibility index (Phi) is 8.13. The molecule has 3 rings (SSSR count). The van der Waals surface area contributed by atoms with Crippen LogP contribution in [0.2, 0.25) is 0 Å². The van der Waals surface area contributed by atoms with E-state index in [1.165, 1.54) is 0 Å². The molecule has 0 aliphatic carbocycles. The molecule has 2 aromatic heterocycles. The average molecular weight is 471 g/mol. The summed E-state index contributed by atoms with van der Waals surface area (Å²) in [4.78, 5) is 24.5. The highest BCUT2D eigenvalue weighted by Gasteiger charge is 2.17. The predicted molar refractivity (Wildman–Crippen MR) is 125 cm³/mol. The number of aryl methyl sites for hydroxylation is 3. The zero-order valence-corrected chi connectivity index (χ0v) is 19.9. The Labute approximate surface area is 197 Å². The predicted octanol–water partition coefficient (Wildman–Crippen LogP) is 1.79. The van der Waals surface area contributed by atoms with E-state index in [9.17, 15) is 9.90 Å². The number of carbonyl (C=O) groups excluding carboxylic acids is 1. The van der Waals surface area contributed by atoms with E-state index >= 15 is 0 Å². The number of hydrogen-bond acceptors (Lipinski definition) is 10. The molecule has 0 radical (unpaired) electrons. The van der Waals surface area contributed by atoms with Crippen molar-refractivity contribution in [1.82, 2.24) is 25.4 Å². The Morgan fingerprint density at radius 1 is 1.12 bits per heavy atom. The minimum Gasteiger partial charge on any atom is -0.490 e. The van der Waals surface area contributed by atoms with E-state index in [0.717, 1.165) is 22.4 Å². The van der Waals surface area contributed by atoms with Gasteiger partial charge in [0.1, 0.15) is 30.8 Å². The van der Waals surface area contributed by atoms with Crippen molar-refractivity contribution in [2.75, 3.05) is 25.1 Å². The first-order valence-corrected chi connectivity index (χ1v) is 10.9. The highest BCUT2D eigenvalue weighted by molar-refractivity contribution is 5.76. The zero-order chi connectivity index (χ0) is 24.8. The summed E-state index contributed by atoms with van der Waals surface area (Å²) in [5.74, 6) is 1.26. The van der Waals surface area contributed by atoms with Crippen molar-refractivity contribution in [2.45, 2.75) is 46.8 Å². The molecular formula is C23H30N6O5. The standard InChI is InChI=1S/C23H30N6O5/c1-12(2)25-23-26-15(5)8-18(27-23)22-28-21(29-34-22)16-6-13(3)20(14(4)7-16)33-11-17(31)9-24-19(32)10-30/h6-8,12,17,30-31H,9-11H2,1-5H3,(H,24,32)(H,25,26,27). The fourth-order valence-corrected chi connectivity index (χ4v) is 3.28. The van der Waals surface area contributed by atoms with Crippen LogP contribution in [0.4, 0.5) is 5.95 Å². The zero-order valence-electron chi connectivity index (χ0n) is 19.9. The van der Waals surface area contributed by atoms with Gasteiger partial charge in [-0.15, -0.1) is 0 Å². The van der Waals surface area contributed by atoms with Gasteiger partial charge in [-0.05, 0) is 63.9 Å². The second kappa shape index (κ2) is 11.0. The van der Waals surface area contributed by atoms with Crippen LogP contribution in [-0.4, -0.2) is 68.1 Å². The molecule has 0 saturated carbocycles. The second-order valence-electron chi connectivity index (χ2n) is 8.31. The van der Waals surface area contributed by atoms with Crippen molar-refractivity contribution < 1.29 is 24.3 Å². The molecule has 1 aromatic carbocycles. The third-order valence-electron chi connectivity index (χ3n) is 4.73. The number of anilines is 1. The SMILES string of the molecule is Cc1cc(-c2nc(-c3cc(C)c(OCC(O)CNC(=O)CO)c(C)c3)no2)nc(NC(C)C)n1. The summed E-state index contributed by atoms with van der Waals surface area (Å²) in [6.07, 6.45) is -0.917. The van der Waals surface area contributed by atoms with Gasteiger partial charge in [0, 0.05) is 23.8 Å². The number of ether oxygens (including phenoxy) is 1. The number of amides is 1. The lowest BCUT2D eigenvalue weighted by Crippen LogP contribution is -2.36. The van der Waals surface area contributed by atoms with Crippen molar-refractivity contribution in [2.24, 2.45) is 0 Å². The Balaban J connectivity index is 1.75. The van der Waals surface area contributed by atoms with E-state index in [-0.39, 0.29) is 25.1 Å². The summed E-state index contributed by atoms with van der Waals surface area (Å²) in [6, 6.07) is 5.70. The Bertz CT molecular complexity index is 1120. The minimum absolute atomic E-state index is 0.0150. The van der Waals surface area contributed by atoms with Gasteiger partial charge in [-0.2, -0.15) is 4.98 Å². The summed E-state index contributed by atoms with van der Waals surface area (Å²) in [6.45, 7) is 8.98. The van der Waals surface area contributed by atoms with Gasteiger partial charge in [0.15, 0.2) is 0 Å². The normalized spacial score (nSPS) is 12.0. The van der Waals surface area contributed by atoms with Crippen LogP contribution in [0.15, 0.2) is 22.7 Å². The van der Waals surface area contributed by atoms with Crippen molar-refractivity contribution in [3.63, 3.8) is 0 Å². The molecule has 0 saturated heterocycles. The minimum atomic E-state index is -0.917. The van der Waals surface area contributed by atoms with Crippen LogP contribution < -0.4 is 15.4 Å². The molecule has 1 atom stereocenters. The first kappa shape index (κ1) is 25.1. The van der Waals surface area contributed by atoms with Crippen LogP contribution in [0.25, 0.3) is 23.0 Å². The molecule has 0 bridgehead atoms. The molecule has 1 amide bonds. The Morgan fingerprint density at radius 3 is 2.47 bits per heavy atom. The molecule has 3 aromatic rings. The number of benzene rings is 1. The fourth-order valence-electron chi connectivity index (χ4n) is 3.28. The van der Waals surface area contributed by atoms with E-state index in [2.05, 4.69) is 30.7 Å². The number of aliphatic hydroxyl groups is 2. The number of rotatable bonds is 10. The van der Waals surface area contributed by atoms with Crippen molar-refractivity contribution in [3.05, 3.63) is 35.0 Å². The van der Waals surface area contributed by atoms with Crippen LogP contribution >= 0.6 is 0 Å². The van der Waals surface area contributed by atoms with Crippen LogP contribution in [0.1, 0.15) is 30.7 Å². The molecule has 0 fully saturated rings. The molecule has 0 spiro atoms. The lowest BCUT2D eigenvalue weighted by molar-refractivity contribution is -0.124. The highest BCUT2D eigenvalue weighted by Crippen LogP contribution is 2.30. The maximum Gasteiger partial charge on any atom is 0.277 e. The molecule has 2 heterocycles. The first-order valence-electron chi connectivity index (χ1n) is 10.9. The van der Waals surface area contributed by atoms with Gasteiger partial charge in [0.2, 0.25) is 17.7 Å². The summed E-state index contributed by atoms with van der Waals surface area (Å²) >= 11 is 0. The largest absolute Gasteiger partial charge is 0.490 e. The quantitative estimate of drug-likeness (QED) is 0.344. The molecule has 11 heteroatoms. The molecule has 4 N–H and O–H groups in total. The Hall–Kier alpha value is -3.57. The smallest absolute Gasteiger partial charge is 0.277 e. The molecule has 11 nitrogen and oxygen atoms in total. The van der Waals surface area contributed by atoms with Crippen LogP contribution in [0.5, 0.6) is 5.75 Å². The fraction of sp³-hybridized carbons (Fsp3) is 0.435. The number of nitrogens with zero attached hydrogens (tertiary/aromatic N) is 4. The van der Waals surface area contributed by atoms with Crippen molar-refractivity contribution in [3.8, 4) is 28.7 Å². The van der Waals surface area contributed by atoms with Gasteiger partial charge in [0.05, 0.1) is 0 Å². The molecule has 1 unspecified atom stereocenters. The lowest BCUT2D eigenvalue weighted by Gasteiger charge is -2.16. The van der Waals surface area contributed by atoms with Crippen LogP contribution in [0, 0.1) is 20.8 Å².